The third-order valence-corrected chi connectivity index (χ3v) is 6.20. The van der Waals surface area contributed by atoms with Gasteiger partial charge in [0.25, 0.3) is 11.8 Å². The van der Waals surface area contributed by atoms with E-state index in [0.717, 1.165) is 32.9 Å². The van der Waals surface area contributed by atoms with E-state index in [2.05, 4.69) is 0 Å². The van der Waals surface area contributed by atoms with Crippen LogP contribution in [0.25, 0.3) is 32.9 Å². The minimum absolute atomic E-state index is 0.0643. The zero-order valence-electron chi connectivity index (χ0n) is 18.3. The summed E-state index contributed by atoms with van der Waals surface area (Å²) in [5.41, 5.74) is 4.95. The number of nitrogens with zero attached hydrogens (tertiary/aromatic N) is 2. The van der Waals surface area contributed by atoms with Crippen LogP contribution in [-0.2, 0) is 0 Å². The Kier molecular flexibility index (Phi) is 4.70. The molecule has 6 rings (SSSR count). The van der Waals surface area contributed by atoms with Crippen LogP contribution in [0.2, 0.25) is 0 Å². The summed E-state index contributed by atoms with van der Waals surface area (Å²) in [5, 5.41) is 1.99. The molecule has 0 amide bonds. The van der Waals surface area contributed by atoms with E-state index in [1.807, 2.05) is 122 Å². The number of carbonyl (C=O) groups excluding carboxylic acids is 2. The fourth-order valence-corrected chi connectivity index (χ4v) is 4.41. The van der Waals surface area contributed by atoms with Gasteiger partial charge in [-0.2, -0.15) is 0 Å². The molecule has 4 heteroatoms. The van der Waals surface area contributed by atoms with Crippen molar-refractivity contribution >= 4 is 33.6 Å². The van der Waals surface area contributed by atoms with Crippen molar-refractivity contribution in [3.8, 4) is 11.1 Å². The molecule has 0 unspecified atom stereocenters. The summed E-state index contributed by atoms with van der Waals surface area (Å²) in [6.07, 6.45) is 3.63. The number of aromatic nitrogens is 2. The Morgan fingerprint density at radius 1 is 0.471 bits per heavy atom. The summed E-state index contributed by atoms with van der Waals surface area (Å²) in [6.45, 7) is 0. The van der Waals surface area contributed by atoms with Crippen LogP contribution in [0, 0.1) is 0 Å². The van der Waals surface area contributed by atoms with E-state index in [9.17, 15) is 9.59 Å². The zero-order chi connectivity index (χ0) is 23.1. The average Bonchev–Trinajstić information content (AvgIpc) is 3.52. The van der Waals surface area contributed by atoms with E-state index in [4.69, 9.17) is 0 Å². The number of rotatable bonds is 3. The molecule has 0 saturated carbocycles. The molecule has 0 saturated heterocycles. The minimum Gasteiger partial charge on any atom is -0.283 e. The fourth-order valence-electron chi connectivity index (χ4n) is 4.41. The molecule has 4 nitrogen and oxygen atoms in total. The van der Waals surface area contributed by atoms with Crippen molar-refractivity contribution in [3.05, 3.63) is 133 Å². The molecule has 0 aliphatic heterocycles. The first-order valence-corrected chi connectivity index (χ1v) is 11.1. The van der Waals surface area contributed by atoms with Crippen LogP contribution in [0.3, 0.4) is 0 Å². The molecule has 0 aliphatic carbocycles. The molecule has 6 aromatic rings. The van der Waals surface area contributed by atoms with Crippen molar-refractivity contribution in [3.63, 3.8) is 0 Å². The molecule has 162 valence electrons. The molecule has 0 N–H and O–H groups in total. The van der Waals surface area contributed by atoms with Gasteiger partial charge in [-0.1, -0.05) is 60.7 Å². The van der Waals surface area contributed by atoms with Gasteiger partial charge in [-0.25, -0.2) is 0 Å². The summed E-state index contributed by atoms with van der Waals surface area (Å²) in [6, 6.07) is 34.7. The van der Waals surface area contributed by atoms with Gasteiger partial charge in [0, 0.05) is 34.3 Å². The number of hydrogen-bond donors (Lipinski definition) is 0. The Morgan fingerprint density at radius 3 is 1.29 bits per heavy atom. The van der Waals surface area contributed by atoms with Crippen LogP contribution in [0.1, 0.15) is 20.7 Å². The van der Waals surface area contributed by atoms with E-state index in [1.54, 1.807) is 9.13 Å². The quantitative estimate of drug-likeness (QED) is 0.310. The van der Waals surface area contributed by atoms with E-state index in [0.29, 0.717) is 11.1 Å². The maximum atomic E-state index is 13.1. The second-order valence-corrected chi connectivity index (χ2v) is 8.26. The van der Waals surface area contributed by atoms with Gasteiger partial charge >= 0.3 is 0 Å². The highest BCUT2D eigenvalue weighted by atomic mass is 16.2. The molecule has 0 aliphatic rings. The standard InChI is InChI=1S/C30H20N2O2/c33-29(23-7-3-1-4-8-23)31-17-15-21-11-13-25(19-27(21)31)26-14-12-22-16-18-32(28(22)20-26)30(34)24-9-5-2-6-10-24/h1-20H. The van der Waals surface area contributed by atoms with Crippen LogP contribution >= 0.6 is 0 Å². The first kappa shape index (κ1) is 19.9. The Bertz CT molecular complexity index is 1550. The Labute approximate surface area is 196 Å². The first-order chi connectivity index (χ1) is 16.7. The molecule has 4 aromatic carbocycles. The number of carbonyl (C=O) groups is 2. The predicted octanol–water partition coefficient (Wildman–Crippen LogP) is 6.64. The highest BCUT2D eigenvalue weighted by Crippen LogP contribution is 2.29. The largest absolute Gasteiger partial charge is 0.283 e. The second kappa shape index (κ2) is 8.01. The third kappa shape index (κ3) is 3.33. The van der Waals surface area contributed by atoms with Crippen LogP contribution in [0.4, 0.5) is 0 Å². The highest BCUT2D eigenvalue weighted by Gasteiger charge is 2.14. The lowest BCUT2D eigenvalue weighted by atomic mass is 10.0. The second-order valence-electron chi connectivity index (χ2n) is 8.26. The maximum absolute atomic E-state index is 13.1. The smallest absolute Gasteiger partial charge is 0.262 e. The summed E-state index contributed by atoms with van der Waals surface area (Å²) in [5.74, 6) is -0.129. The van der Waals surface area contributed by atoms with Gasteiger partial charge in [0.05, 0.1) is 11.0 Å². The van der Waals surface area contributed by atoms with E-state index in [1.165, 1.54) is 0 Å². The van der Waals surface area contributed by atoms with Gasteiger partial charge in [-0.05, 0) is 59.7 Å². The topological polar surface area (TPSA) is 44.0 Å². The number of benzene rings is 4. The lowest BCUT2D eigenvalue weighted by Crippen LogP contribution is -2.10. The van der Waals surface area contributed by atoms with E-state index >= 15 is 0 Å². The van der Waals surface area contributed by atoms with E-state index < -0.39 is 0 Å². The molecule has 34 heavy (non-hydrogen) atoms. The van der Waals surface area contributed by atoms with Crippen molar-refractivity contribution in [2.75, 3.05) is 0 Å². The number of fused-ring (bicyclic) bond motifs is 2. The molecule has 0 spiro atoms. The molecule has 0 fully saturated rings. The van der Waals surface area contributed by atoms with Gasteiger partial charge in [0.2, 0.25) is 0 Å². The van der Waals surface area contributed by atoms with Crippen molar-refractivity contribution in [1.29, 1.82) is 0 Å². The number of hydrogen-bond acceptors (Lipinski definition) is 2. The molecule has 0 radical (unpaired) electrons. The van der Waals surface area contributed by atoms with Crippen LogP contribution in [0.5, 0.6) is 0 Å². The van der Waals surface area contributed by atoms with Crippen molar-refractivity contribution in [2.24, 2.45) is 0 Å². The highest BCUT2D eigenvalue weighted by molar-refractivity contribution is 6.04. The zero-order valence-corrected chi connectivity index (χ0v) is 18.3. The first-order valence-electron chi connectivity index (χ1n) is 11.1. The van der Waals surface area contributed by atoms with Gasteiger partial charge in [0.15, 0.2) is 0 Å². The fraction of sp³-hybridized carbons (Fsp3) is 0. The molecule has 2 heterocycles. The van der Waals surface area contributed by atoms with Crippen LogP contribution in [0.15, 0.2) is 122 Å². The Balaban J connectivity index is 1.43. The van der Waals surface area contributed by atoms with Crippen molar-refractivity contribution < 1.29 is 9.59 Å². The lowest BCUT2D eigenvalue weighted by Gasteiger charge is -2.08. The van der Waals surface area contributed by atoms with Gasteiger partial charge in [-0.15, -0.1) is 0 Å². The third-order valence-electron chi connectivity index (χ3n) is 6.20. The van der Waals surface area contributed by atoms with Crippen molar-refractivity contribution in [2.45, 2.75) is 0 Å². The monoisotopic (exact) mass is 440 g/mol. The summed E-state index contributed by atoms with van der Waals surface area (Å²) in [4.78, 5) is 26.2. The summed E-state index contributed by atoms with van der Waals surface area (Å²) < 4.78 is 3.38. The van der Waals surface area contributed by atoms with Crippen LogP contribution < -0.4 is 0 Å². The maximum Gasteiger partial charge on any atom is 0.262 e. The molecule has 0 bridgehead atoms. The van der Waals surface area contributed by atoms with Gasteiger partial charge in [0.1, 0.15) is 0 Å². The Hall–Kier alpha value is -4.70. The normalized spacial score (nSPS) is 11.2. The van der Waals surface area contributed by atoms with E-state index in [-0.39, 0.29) is 11.8 Å². The SMILES string of the molecule is O=C(c1ccccc1)n1ccc2ccc(-c3ccc4ccn(C(=O)c5ccccc5)c4c3)cc21. The molecular formula is C30H20N2O2. The average molecular weight is 441 g/mol. The summed E-state index contributed by atoms with van der Waals surface area (Å²) in [7, 11) is 0. The Morgan fingerprint density at radius 2 is 0.882 bits per heavy atom. The van der Waals surface area contributed by atoms with Crippen LogP contribution in [-0.4, -0.2) is 20.9 Å². The van der Waals surface area contributed by atoms with Gasteiger partial charge < -0.3 is 0 Å². The molecule has 2 aromatic heterocycles. The molecular weight excluding hydrogens is 420 g/mol. The summed E-state index contributed by atoms with van der Waals surface area (Å²) >= 11 is 0. The predicted molar refractivity (Wildman–Crippen MR) is 135 cm³/mol. The molecule has 0 atom stereocenters. The van der Waals surface area contributed by atoms with Crippen molar-refractivity contribution in [1.82, 2.24) is 9.13 Å². The van der Waals surface area contributed by atoms with Gasteiger partial charge in [-0.3, -0.25) is 18.7 Å². The minimum atomic E-state index is -0.0643. The lowest BCUT2D eigenvalue weighted by molar-refractivity contribution is 0.0957.